The third-order valence-corrected chi connectivity index (χ3v) is 5.77. The fourth-order valence-electron chi connectivity index (χ4n) is 4.16. The Bertz CT molecular complexity index is 1370. The number of rotatable bonds is 0. The van der Waals surface area contributed by atoms with Gasteiger partial charge in [0.2, 0.25) is 0 Å². The monoisotopic (exact) mass is 415 g/mol. The second-order valence-electron chi connectivity index (χ2n) is 8.60. The summed E-state index contributed by atoms with van der Waals surface area (Å²) in [4.78, 5) is 13.5. The maximum Gasteiger partial charge on any atom is 0.0964 e. The van der Waals surface area contributed by atoms with Gasteiger partial charge in [0.1, 0.15) is 0 Å². The fraction of sp³-hybridized carbons (Fsp3) is 0.138. The molecule has 6 rings (SSSR count). The molecular weight excluding hydrogens is 390 g/mol. The van der Waals surface area contributed by atoms with Gasteiger partial charge in [-0.1, -0.05) is 42.0 Å². The van der Waals surface area contributed by atoms with Gasteiger partial charge in [-0.25, -0.2) is 0 Å². The Balaban J connectivity index is 0.000000135. The summed E-state index contributed by atoms with van der Waals surface area (Å²) in [5.41, 5.74) is 7.95. The zero-order valence-electron chi connectivity index (χ0n) is 18.8. The van der Waals surface area contributed by atoms with Crippen LogP contribution < -0.4 is 0 Å². The quantitative estimate of drug-likeness (QED) is 0.243. The summed E-state index contributed by atoms with van der Waals surface area (Å²) in [6.45, 7) is 8.32. The summed E-state index contributed by atoms with van der Waals surface area (Å²) in [6.07, 6.45) is 5.75. The van der Waals surface area contributed by atoms with Gasteiger partial charge in [0.05, 0.1) is 16.6 Å². The summed E-state index contributed by atoms with van der Waals surface area (Å²) in [7, 11) is 0. The summed E-state index contributed by atoms with van der Waals surface area (Å²) >= 11 is 0. The van der Waals surface area contributed by atoms with Crippen molar-refractivity contribution in [3.63, 3.8) is 0 Å². The molecule has 0 atom stereocenters. The normalized spacial score (nSPS) is 11.1. The third kappa shape index (κ3) is 3.78. The molecule has 0 amide bonds. The van der Waals surface area contributed by atoms with Gasteiger partial charge in [-0.05, 0) is 74.0 Å². The lowest BCUT2D eigenvalue weighted by Crippen LogP contribution is -1.87. The van der Waals surface area contributed by atoms with Crippen molar-refractivity contribution in [3.05, 3.63) is 102 Å². The predicted molar refractivity (Wildman–Crippen MR) is 135 cm³/mol. The molecule has 0 aliphatic heterocycles. The maximum absolute atomic E-state index is 4.51. The first-order valence-corrected chi connectivity index (χ1v) is 10.9. The lowest BCUT2D eigenvalue weighted by atomic mass is 10.0. The first-order chi connectivity index (χ1) is 15.5. The number of hydrogen-bond donors (Lipinski definition) is 0. The molecule has 3 nitrogen and oxygen atoms in total. The van der Waals surface area contributed by atoms with Gasteiger partial charge in [-0.2, -0.15) is 0 Å². The van der Waals surface area contributed by atoms with Crippen molar-refractivity contribution in [2.24, 2.45) is 0 Å². The van der Waals surface area contributed by atoms with Crippen molar-refractivity contribution < 1.29 is 0 Å². The molecule has 3 aromatic carbocycles. The third-order valence-electron chi connectivity index (χ3n) is 5.77. The minimum atomic E-state index is 0.989. The summed E-state index contributed by atoms with van der Waals surface area (Å²) < 4.78 is 0. The van der Waals surface area contributed by atoms with Crippen LogP contribution in [0.5, 0.6) is 0 Å². The fourth-order valence-corrected chi connectivity index (χ4v) is 4.16. The van der Waals surface area contributed by atoms with Crippen LogP contribution in [0.25, 0.3) is 43.5 Å². The molecule has 0 unspecified atom stereocenters. The number of aryl methyl sites for hydroxylation is 4. The molecule has 3 aromatic heterocycles. The molecule has 0 aliphatic carbocycles. The summed E-state index contributed by atoms with van der Waals surface area (Å²) in [6, 6.07) is 21.5. The molecule has 3 heteroatoms. The van der Waals surface area contributed by atoms with Gasteiger partial charge in [-0.3, -0.25) is 15.0 Å². The van der Waals surface area contributed by atoms with Crippen molar-refractivity contribution in [2.75, 3.05) is 0 Å². The number of aromatic nitrogens is 3. The molecule has 6 aromatic rings. The van der Waals surface area contributed by atoms with Crippen molar-refractivity contribution in [3.8, 4) is 0 Å². The molecular formula is C29H25N3. The Morgan fingerprint density at radius 3 is 1.59 bits per heavy atom. The molecule has 0 spiro atoms. The van der Waals surface area contributed by atoms with Crippen molar-refractivity contribution in [2.45, 2.75) is 27.7 Å². The minimum absolute atomic E-state index is 0.989. The second-order valence-corrected chi connectivity index (χ2v) is 8.60. The predicted octanol–water partition coefficient (Wildman–Crippen LogP) is 7.40. The van der Waals surface area contributed by atoms with Gasteiger partial charge < -0.3 is 0 Å². The number of benzene rings is 3. The van der Waals surface area contributed by atoms with Crippen LogP contribution in [0.3, 0.4) is 0 Å². The van der Waals surface area contributed by atoms with E-state index in [2.05, 4.69) is 103 Å². The Morgan fingerprint density at radius 2 is 0.969 bits per heavy atom. The van der Waals surface area contributed by atoms with Crippen molar-refractivity contribution in [1.82, 2.24) is 15.0 Å². The van der Waals surface area contributed by atoms with E-state index < -0.39 is 0 Å². The molecule has 0 fully saturated rings. The van der Waals surface area contributed by atoms with Crippen LogP contribution in [-0.4, -0.2) is 15.0 Å². The van der Waals surface area contributed by atoms with Crippen LogP contribution in [0.1, 0.15) is 22.3 Å². The van der Waals surface area contributed by atoms with Crippen LogP contribution in [0.4, 0.5) is 0 Å². The van der Waals surface area contributed by atoms with E-state index in [4.69, 9.17) is 0 Å². The van der Waals surface area contributed by atoms with E-state index in [1.54, 1.807) is 0 Å². The summed E-state index contributed by atoms with van der Waals surface area (Å²) in [5.74, 6) is 0. The Morgan fingerprint density at radius 1 is 0.438 bits per heavy atom. The van der Waals surface area contributed by atoms with E-state index in [-0.39, 0.29) is 0 Å². The highest BCUT2D eigenvalue weighted by Gasteiger charge is 2.03. The van der Waals surface area contributed by atoms with Gasteiger partial charge in [-0.15, -0.1) is 0 Å². The topological polar surface area (TPSA) is 38.7 Å². The van der Waals surface area contributed by atoms with E-state index in [1.807, 2.05) is 18.6 Å². The van der Waals surface area contributed by atoms with Gasteiger partial charge in [0.15, 0.2) is 0 Å². The lowest BCUT2D eigenvalue weighted by molar-refractivity contribution is 1.30. The van der Waals surface area contributed by atoms with E-state index in [1.165, 1.54) is 38.4 Å². The molecule has 0 aliphatic rings. The van der Waals surface area contributed by atoms with Crippen LogP contribution in [0.15, 0.2) is 79.3 Å². The zero-order valence-corrected chi connectivity index (χ0v) is 18.8. The smallest absolute Gasteiger partial charge is 0.0964 e. The molecule has 0 N–H and O–H groups in total. The molecule has 32 heavy (non-hydrogen) atoms. The number of nitrogens with zero attached hydrogens (tertiary/aromatic N) is 3. The molecule has 156 valence electrons. The van der Waals surface area contributed by atoms with Gasteiger partial charge in [0.25, 0.3) is 0 Å². The van der Waals surface area contributed by atoms with Gasteiger partial charge >= 0.3 is 0 Å². The highest BCUT2D eigenvalue weighted by atomic mass is 14.7. The van der Waals surface area contributed by atoms with Crippen molar-refractivity contribution >= 4 is 43.5 Å². The Kier molecular flexibility index (Phi) is 5.02. The Labute approximate surface area is 187 Å². The highest BCUT2D eigenvalue weighted by molar-refractivity contribution is 6.05. The second kappa shape index (κ2) is 8.01. The minimum Gasteiger partial charge on any atom is -0.256 e. The molecule has 0 saturated heterocycles. The standard InChI is InChI=1S/C15H13N.C14H12N2/c1-10-3-5-13-12(7-10)9-16-15-8-11(2)4-6-14(13)15;1-9-5-11-3-4-12-6-10(2)8-16-14(12)13(11)15-7-9/h3-9H,1-2H3;3-8H,1-2H3. The number of hydrogen-bond acceptors (Lipinski definition) is 3. The molecule has 3 heterocycles. The van der Waals surface area contributed by atoms with E-state index in [0.717, 1.165) is 27.3 Å². The number of pyridine rings is 3. The van der Waals surface area contributed by atoms with E-state index in [9.17, 15) is 0 Å². The van der Waals surface area contributed by atoms with E-state index in [0.29, 0.717) is 0 Å². The SMILES string of the molecule is Cc1ccc2c(cnc3cc(C)ccc32)c1.Cc1cnc2c(ccc3cc(C)cnc32)c1. The average Bonchev–Trinajstić information content (AvgIpc) is 2.78. The number of fused-ring (bicyclic) bond motifs is 6. The van der Waals surface area contributed by atoms with Gasteiger partial charge in [0, 0.05) is 40.1 Å². The maximum atomic E-state index is 4.51. The molecule has 0 bridgehead atoms. The average molecular weight is 416 g/mol. The van der Waals surface area contributed by atoms with Crippen LogP contribution >= 0.6 is 0 Å². The first kappa shape index (κ1) is 20.1. The first-order valence-electron chi connectivity index (χ1n) is 10.9. The molecule has 0 saturated carbocycles. The largest absolute Gasteiger partial charge is 0.256 e. The lowest BCUT2D eigenvalue weighted by Gasteiger charge is -2.04. The van der Waals surface area contributed by atoms with Crippen LogP contribution in [0.2, 0.25) is 0 Å². The van der Waals surface area contributed by atoms with Crippen molar-refractivity contribution in [1.29, 1.82) is 0 Å². The zero-order chi connectivity index (χ0) is 22.2. The van der Waals surface area contributed by atoms with E-state index >= 15 is 0 Å². The van der Waals surface area contributed by atoms with Crippen LogP contribution in [0, 0.1) is 27.7 Å². The summed E-state index contributed by atoms with van der Waals surface area (Å²) in [5, 5.41) is 6.06. The molecule has 0 radical (unpaired) electrons. The van der Waals surface area contributed by atoms with Crippen LogP contribution in [-0.2, 0) is 0 Å². The highest BCUT2D eigenvalue weighted by Crippen LogP contribution is 2.25. The Hall–Kier alpha value is -3.85.